The van der Waals surface area contributed by atoms with Gasteiger partial charge in [-0.15, -0.1) is 0 Å². The minimum absolute atomic E-state index is 0.0315. The summed E-state index contributed by atoms with van der Waals surface area (Å²) in [5.74, 6) is -1.42. The molecule has 2 N–H and O–H groups in total. The number of hydrogen-bond donors (Lipinski definition) is 2. The number of hydrogen-bond acceptors (Lipinski definition) is 6. The number of aliphatic hydroxyl groups excluding tert-OH is 1. The molecule has 1 aromatic rings. The maximum absolute atomic E-state index is 14.9. The van der Waals surface area contributed by atoms with Crippen LogP contribution in [0.15, 0.2) is 12.1 Å². The van der Waals surface area contributed by atoms with Gasteiger partial charge in [0.1, 0.15) is 23.9 Å². The van der Waals surface area contributed by atoms with Gasteiger partial charge in [-0.05, 0) is 36.5 Å². The van der Waals surface area contributed by atoms with Gasteiger partial charge in [-0.2, -0.15) is 0 Å². The number of aliphatic hydroxyl groups is 1. The van der Waals surface area contributed by atoms with Crippen molar-refractivity contribution < 1.29 is 28.3 Å². The van der Waals surface area contributed by atoms with E-state index in [1.54, 1.807) is 9.80 Å². The summed E-state index contributed by atoms with van der Waals surface area (Å²) in [6, 6.07) is 1.97. The van der Waals surface area contributed by atoms with Crippen LogP contribution in [0, 0.1) is 17.6 Å². The van der Waals surface area contributed by atoms with Gasteiger partial charge >= 0.3 is 6.03 Å². The fraction of sp³-hybridized carbons (Fsp3) is 0.609. The predicted octanol–water partition coefficient (Wildman–Crippen LogP) is 0.760. The number of likely N-dealkylation sites (tertiary alicyclic amines) is 1. The summed E-state index contributed by atoms with van der Waals surface area (Å²) < 4.78 is 29.8. The van der Waals surface area contributed by atoms with Crippen molar-refractivity contribution in [2.75, 3.05) is 63.9 Å². The Morgan fingerprint density at radius 2 is 1.65 bits per heavy atom. The molecule has 3 heterocycles. The largest absolute Gasteiger partial charge is 0.387 e. The third-order valence-corrected chi connectivity index (χ3v) is 6.90. The maximum atomic E-state index is 14.9. The lowest BCUT2D eigenvalue weighted by Crippen LogP contribution is -2.50. The molecule has 9 nitrogen and oxygen atoms in total. The smallest absolute Gasteiger partial charge is 0.324 e. The Kier molecular flexibility index (Phi) is 7.62. The summed E-state index contributed by atoms with van der Waals surface area (Å²) in [7, 11) is 0. The Balaban J connectivity index is 1.29. The summed E-state index contributed by atoms with van der Waals surface area (Å²) >= 11 is 0. The van der Waals surface area contributed by atoms with Crippen LogP contribution in [0.25, 0.3) is 0 Å². The lowest BCUT2D eigenvalue weighted by Gasteiger charge is -2.39. The standard InChI is InChI=1S/C23H31F2N5O4/c24-18-11-17(14-30-6-3-20(32)26-23(30)34)12-19(25)22(18)29-9-7-27(8-10-29)13-16-1-4-28(5-2-16)21(33)15-31/h11-12,16,31H,1-10,13-15H2,(H,26,32,34). The van der Waals surface area contributed by atoms with Gasteiger partial charge in [0.05, 0.1) is 0 Å². The van der Waals surface area contributed by atoms with E-state index >= 15 is 0 Å². The molecule has 4 amide bonds. The highest BCUT2D eigenvalue weighted by Crippen LogP contribution is 2.28. The van der Waals surface area contributed by atoms with Crippen molar-refractivity contribution in [2.45, 2.75) is 25.8 Å². The molecule has 186 valence electrons. The number of halogens is 2. The van der Waals surface area contributed by atoms with Crippen LogP contribution in [0.1, 0.15) is 24.8 Å². The molecule has 3 saturated heterocycles. The van der Waals surface area contributed by atoms with Crippen molar-refractivity contribution in [1.29, 1.82) is 0 Å². The highest BCUT2D eigenvalue weighted by atomic mass is 19.1. The normalized spacial score (nSPS) is 20.6. The molecule has 0 bridgehead atoms. The van der Waals surface area contributed by atoms with Crippen LogP contribution >= 0.6 is 0 Å². The van der Waals surface area contributed by atoms with Gasteiger partial charge in [-0.25, -0.2) is 13.6 Å². The van der Waals surface area contributed by atoms with Crippen LogP contribution in [-0.4, -0.2) is 96.6 Å². The second-order valence-electron chi connectivity index (χ2n) is 9.20. The number of rotatable bonds is 6. The molecule has 4 rings (SSSR count). The highest BCUT2D eigenvalue weighted by Gasteiger charge is 2.28. The first-order valence-corrected chi connectivity index (χ1v) is 11.8. The van der Waals surface area contributed by atoms with Gasteiger partial charge in [0.15, 0.2) is 0 Å². The Morgan fingerprint density at radius 3 is 2.24 bits per heavy atom. The van der Waals surface area contributed by atoms with Gasteiger partial charge in [0, 0.05) is 65.3 Å². The molecule has 0 radical (unpaired) electrons. The molecule has 0 aromatic heterocycles. The number of amides is 4. The van der Waals surface area contributed by atoms with Crippen molar-refractivity contribution in [3.05, 3.63) is 29.3 Å². The zero-order chi connectivity index (χ0) is 24.2. The predicted molar refractivity (Wildman–Crippen MR) is 120 cm³/mol. The number of imide groups is 1. The first-order chi connectivity index (χ1) is 16.3. The quantitative estimate of drug-likeness (QED) is 0.626. The second kappa shape index (κ2) is 10.6. The van der Waals surface area contributed by atoms with E-state index in [2.05, 4.69) is 10.2 Å². The minimum Gasteiger partial charge on any atom is -0.387 e. The number of nitrogens with one attached hydrogen (secondary N) is 1. The number of nitrogens with zero attached hydrogens (tertiary/aromatic N) is 4. The molecular weight excluding hydrogens is 448 g/mol. The Morgan fingerprint density at radius 1 is 1.00 bits per heavy atom. The van der Waals surface area contributed by atoms with E-state index in [9.17, 15) is 23.2 Å². The molecule has 3 aliphatic rings. The highest BCUT2D eigenvalue weighted by molar-refractivity contribution is 5.96. The zero-order valence-corrected chi connectivity index (χ0v) is 19.1. The van der Waals surface area contributed by atoms with Crippen LogP contribution in [0.2, 0.25) is 0 Å². The number of urea groups is 1. The van der Waals surface area contributed by atoms with E-state index in [1.807, 2.05) is 0 Å². The summed E-state index contributed by atoms with van der Waals surface area (Å²) in [5, 5.41) is 11.2. The number of anilines is 1. The Hall–Kier alpha value is -2.79. The molecule has 0 aliphatic carbocycles. The summed E-state index contributed by atoms with van der Waals surface area (Å²) in [6.07, 6.45) is 1.94. The van der Waals surface area contributed by atoms with Crippen LogP contribution in [0.5, 0.6) is 0 Å². The molecule has 11 heteroatoms. The summed E-state index contributed by atoms with van der Waals surface area (Å²) in [6.45, 7) is 4.39. The van der Waals surface area contributed by atoms with Crippen LogP contribution in [-0.2, 0) is 16.1 Å². The number of carbonyl (C=O) groups excluding carboxylic acids is 3. The van der Waals surface area contributed by atoms with Crippen LogP contribution in [0.3, 0.4) is 0 Å². The molecule has 0 spiro atoms. The second-order valence-corrected chi connectivity index (χ2v) is 9.20. The molecular formula is C23H31F2N5O4. The van der Waals surface area contributed by atoms with E-state index < -0.39 is 24.3 Å². The molecule has 34 heavy (non-hydrogen) atoms. The molecule has 3 aliphatic heterocycles. The van der Waals surface area contributed by atoms with Crippen molar-refractivity contribution >= 4 is 23.5 Å². The van der Waals surface area contributed by atoms with Crippen LogP contribution in [0.4, 0.5) is 19.3 Å². The zero-order valence-electron chi connectivity index (χ0n) is 19.1. The van der Waals surface area contributed by atoms with Crippen molar-refractivity contribution in [3.8, 4) is 0 Å². The lowest BCUT2D eigenvalue weighted by molar-refractivity contribution is -0.135. The van der Waals surface area contributed by atoms with Crippen molar-refractivity contribution in [3.63, 3.8) is 0 Å². The van der Waals surface area contributed by atoms with E-state index in [1.165, 1.54) is 17.0 Å². The molecule has 0 unspecified atom stereocenters. The average Bonchev–Trinajstić information content (AvgIpc) is 2.81. The van der Waals surface area contributed by atoms with Crippen molar-refractivity contribution in [2.24, 2.45) is 5.92 Å². The van der Waals surface area contributed by atoms with Gasteiger partial charge in [-0.1, -0.05) is 0 Å². The topological polar surface area (TPSA) is 96.4 Å². The summed E-state index contributed by atoms with van der Waals surface area (Å²) in [5.41, 5.74) is 0.297. The van der Waals surface area contributed by atoms with Crippen molar-refractivity contribution in [1.82, 2.24) is 20.0 Å². The van der Waals surface area contributed by atoms with Gasteiger partial charge < -0.3 is 19.8 Å². The van der Waals surface area contributed by atoms with E-state index in [0.717, 1.165) is 19.4 Å². The lowest BCUT2D eigenvalue weighted by atomic mass is 9.96. The van der Waals surface area contributed by atoms with Gasteiger partial charge in [0.2, 0.25) is 11.8 Å². The molecule has 3 fully saturated rings. The fourth-order valence-corrected chi connectivity index (χ4v) is 4.97. The number of benzene rings is 1. The third-order valence-electron chi connectivity index (χ3n) is 6.90. The molecule has 0 atom stereocenters. The Labute approximate surface area is 197 Å². The molecule has 0 saturated carbocycles. The van der Waals surface area contributed by atoms with E-state index in [-0.39, 0.29) is 37.0 Å². The number of piperidine rings is 1. The SMILES string of the molecule is O=C1CCN(Cc2cc(F)c(N3CCN(CC4CCN(C(=O)CO)CC4)CC3)c(F)c2)C(=O)N1. The third kappa shape index (κ3) is 5.64. The average molecular weight is 480 g/mol. The summed E-state index contributed by atoms with van der Waals surface area (Å²) in [4.78, 5) is 41.8. The van der Waals surface area contributed by atoms with Gasteiger partial charge in [0.25, 0.3) is 0 Å². The minimum atomic E-state index is -0.655. The number of carbonyl (C=O) groups is 3. The van der Waals surface area contributed by atoms with E-state index in [0.29, 0.717) is 50.7 Å². The van der Waals surface area contributed by atoms with Gasteiger partial charge in [-0.3, -0.25) is 19.8 Å². The molecule has 1 aromatic carbocycles. The van der Waals surface area contributed by atoms with Crippen LogP contribution < -0.4 is 10.2 Å². The monoisotopic (exact) mass is 479 g/mol. The number of piperazine rings is 1. The first-order valence-electron chi connectivity index (χ1n) is 11.8. The first kappa shape index (κ1) is 24.3. The van der Waals surface area contributed by atoms with E-state index in [4.69, 9.17) is 5.11 Å². The fourth-order valence-electron chi connectivity index (χ4n) is 4.97. The maximum Gasteiger partial charge on any atom is 0.324 e. The Bertz CT molecular complexity index is 907.